The van der Waals surface area contributed by atoms with Gasteiger partial charge in [0.2, 0.25) is 0 Å². The number of carboxylic acid groups (broad SMARTS) is 1. The van der Waals surface area contributed by atoms with E-state index in [0.29, 0.717) is 0 Å². The number of carboxylic acids is 1. The summed E-state index contributed by atoms with van der Waals surface area (Å²) in [5, 5.41) is 8.61. The van der Waals surface area contributed by atoms with Gasteiger partial charge in [-0.3, -0.25) is 9.78 Å². The summed E-state index contributed by atoms with van der Waals surface area (Å²) >= 11 is 0. The molecule has 0 aliphatic rings. The number of carbonyl (C=O) groups is 1. The summed E-state index contributed by atoms with van der Waals surface area (Å²) in [7, 11) is 0. The zero-order valence-corrected chi connectivity index (χ0v) is 8.10. The molecule has 76 valence electrons. The molecular weight excluding hydrogens is 180 g/mol. The molecule has 14 heavy (non-hydrogen) atoms. The third-order valence-corrected chi connectivity index (χ3v) is 2.12. The molecule has 0 spiro atoms. The average Bonchev–Trinajstić information content (AvgIpc) is 2.16. The van der Waals surface area contributed by atoms with Crippen LogP contribution < -0.4 is 5.73 Å². The molecule has 1 aromatic rings. The molecule has 4 heteroatoms. The Morgan fingerprint density at radius 1 is 1.71 bits per heavy atom. The Morgan fingerprint density at radius 3 is 3.00 bits per heavy atom. The van der Waals surface area contributed by atoms with Crippen LogP contribution in [0.2, 0.25) is 0 Å². The number of pyridine rings is 1. The van der Waals surface area contributed by atoms with Gasteiger partial charge in [0.25, 0.3) is 0 Å². The summed E-state index contributed by atoms with van der Waals surface area (Å²) in [5.74, 6) is -0.886. The van der Waals surface area contributed by atoms with Crippen molar-refractivity contribution in [1.29, 1.82) is 0 Å². The van der Waals surface area contributed by atoms with Crippen molar-refractivity contribution >= 4 is 5.97 Å². The Kier molecular flexibility index (Phi) is 3.59. The van der Waals surface area contributed by atoms with E-state index in [9.17, 15) is 4.79 Å². The smallest absolute Gasteiger partial charge is 0.305 e. The number of nitrogens with zero attached hydrogens (tertiary/aromatic N) is 1. The van der Waals surface area contributed by atoms with Crippen molar-refractivity contribution in [3.8, 4) is 0 Å². The third-order valence-electron chi connectivity index (χ3n) is 2.12. The SMILES string of the molecule is CCc1ccncc1C(N)CC(=O)O. The fraction of sp³-hybridized carbons (Fsp3) is 0.400. The van der Waals surface area contributed by atoms with Gasteiger partial charge in [-0.15, -0.1) is 0 Å². The number of rotatable bonds is 4. The minimum absolute atomic E-state index is 0.0569. The van der Waals surface area contributed by atoms with E-state index >= 15 is 0 Å². The Balaban J connectivity index is 2.87. The Hall–Kier alpha value is -1.42. The van der Waals surface area contributed by atoms with E-state index in [4.69, 9.17) is 10.8 Å². The normalized spacial score (nSPS) is 12.4. The first-order chi connectivity index (χ1) is 6.65. The topological polar surface area (TPSA) is 76.2 Å². The van der Waals surface area contributed by atoms with Crippen LogP contribution in [0.5, 0.6) is 0 Å². The van der Waals surface area contributed by atoms with Crippen LogP contribution >= 0.6 is 0 Å². The van der Waals surface area contributed by atoms with Gasteiger partial charge < -0.3 is 10.8 Å². The van der Waals surface area contributed by atoms with Crippen LogP contribution in [0, 0.1) is 0 Å². The lowest BCUT2D eigenvalue weighted by atomic mass is 10.00. The maximum absolute atomic E-state index is 10.5. The molecule has 0 amide bonds. The molecule has 0 aromatic carbocycles. The van der Waals surface area contributed by atoms with Crippen molar-refractivity contribution in [1.82, 2.24) is 4.98 Å². The summed E-state index contributed by atoms with van der Waals surface area (Å²) in [6.45, 7) is 2.01. The first-order valence-corrected chi connectivity index (χ1v) is 4.55. The zero-order valence-electron chi connectivity index (χ0n) is 8.10. The number of aromatic nitrogens is 1. The van der Waals surface area contributed by atoms with E-state index in [0.717, 1.165) is 17.5 Å². The molecule has 1 atom stereocenters. The van der Waals surface area contributed by atoms with Crippen molar-refractivity contribution in [2.75, 3.05) is 0 Å². The van der Waals surface area contributed by atoms with Gasteiger partial charge in [0.05, 0.1) is 6.42 Å². The molecule has 4 nitrogen and oxygen atoms in total. The van der Waals surface area contributed by atoms with Crippen molar-refractivity contribution in [2.45, 2.75) is 25.8 Å². The minimum Gasteiger partial charge on any atom is -0.481 e. The van der Waals surface area contributed by atoms with E-state index in [1.807, 2.05) is 13.0 Å². The van der Waals surface area contributed by atoms with Gasteiger partial charge in [-0.1, -0.05) is 6.92 Å². The highest BCUT2D eigenvalue weighted by Gasteiger charge is 2.13. The van der Waals surface area contributed by atoms with Crippen molar-refractivity contribution in [3.05, 3.63) is 29.6 Å². The molecule has 0 fully saturated rings. The monoisotopic (exact) mass is 194 g/mol. The molecule has 1 aromatic heterocycles. The molecule has 1 unspecified atom stereocenters. The standard InChI is InChI=1S/C10H14N2O2/c1-2-7-3-4-12-6-8(7)9(11)5-10(13)14/h3-4,6,9H,2,5,11H2,1H3,(H,13,14). The molecule has 0 aliphatic heterocycles. The highest BCUT2D eigenvalue weighted by Crippen LogP contribution is 2.17. The second-order valence-electron chi connectivity index (χ2n) is 3.13. The Labute approximate surface area is 82.8 Å². The second kappa shape index (κ2) is 4.72. The van der Waals surface area contributed by atoms with Gasteiger partial charge in [0.1, 0.15) is 0 Å². The highest BCUT2D eigenvalue weighted by atomic mass is 16.4. The molecule has 0 saturated heterocycles. The number of aliphatic carboxylic acids is 1. The number of hydrogen-bond acceptors (Lipinski definition) is 3. The van der Waals surface area contributed by atoms with E-state index in [2.05, 4.69) is 4.98 Å². The van der Waals surface area contributed by atoms with Crippen LogP contribution in [0.4, 0.5) is 0 Å². The van der Waals surface area contributed by atoms with Crippen LogP contribution in [-0.2, 0) is 11.2 Å². The van der Waals surface area contributed by atoms with Crippen molar-refractivity contribution in [3.63, 3.8) is 0 Å². The van der Waals surface area contributed by atoms with Crippen LogP contribution in [0.1, 0.15) is 30.5 Å². The molecule has 0 radical (unpaired) electrons. The van der Waals surface area contributed by atoms with Gasteiger partial charge >= 0.3 is 5.97 Å². The van der Waals surface area contributed by atoms with Crippen molar-refractivity contribution < 1.29 is 9.90 Å². The molecule has 0 bridgehead atoms. The minimum atomic E-state index is -0.886. The maximum atomic E-state index is 10.5. The third kappa shape index (κ3) is 2.53. The van der Waals surface area contributed by atoms with Crippen LogP contribution in [0.3, 0.4) is 0 Å². The van der Waals surface area contributed by atoms with Crippen LogP contribution in [0.15, 0.2) is 18.5 Å². The number of aryl methyl sites for hydroxylation is 1. The predicted molar refractivity (Wildman–Crippen MR) is 52.8 cm³/mol. The van der Waals surface area contributed by atoms with Crippen molar-refractivity contribution in [2.24, 2.45) is 5.73 Å². The quantitative estimate of drug-likeness (QED) is 0.753. The summed E-state index contributed by atoms with van der Waals surface area (Å²) in [4.78, 5) is 14.4. The molecule has 1 heterocycles. The number of hydrogen-bond donors (Lipinski definition) is 2. The second-order valence-corrected chi connectivity index (χ2v) is 3.13. The lowest BCUT2D eigenvalue weighted by Gasteiger charge is -2.12. The first kappa shape index (κ1) is 10.7. The fourth-order valence-corrected chi connectivity index (χ4v) is 1.39. The fourth-order valence-electron chi connectivity index (χ4n) is 1.39. The van der Waals surface area contributed by atoms with Gasteiger partial charge in [-0.2, -0.15) is 0 Å². The molecule has 0 saturated carbocycles. The maximum Gasteiger partial charge on any atom is 0.305 e. The van der Waals surface area contributed by atoms with E-state index in [-0.39, 0.29) is 6.42 Å². The van der Waals surface area contributed by atoms with E-state index < -0.39 is 12.0 Å². The highest BCUT2D eigenvalue weighted by molar-refractivity contribution is 5.68. The molecule has 3 N–H and O–H groups in total. The predicted octanol–water partition coefficient (Wildman–Crippen LogP) is 1.12. The summed E-state index contributed by atoms with van der Waals surface area (Å²) < 4.78 is 0. The largest absolute Gasteiger partial charge is 0.481 e. The van der Waals surface area contributed by atoms with E-state index in [1.165, 1.54) is 0 Å². The summed E-state index contributed by atoms with van der Waals surface area (Å²) in [6, 6.07) is 1.41. The van der Waals surface area contributed by atoms with E-state index in [1.54, 1.807) is 12.4 Å². The van der Waals surface area contributed by atoms with Gasteiger partial charge in [0, 0.05) is 18.4 Å². The lowest BCUT2D eigenvalue weighted by molar-refractivity contribution is -0.137. The van der Waals surface area contributed by atoms with Gasteiger partial charge in [0.15, 0.2) is 0 Å². The first-order valence-electron chi connectivity index (χ1n) is 4.55. The Bertz CT molecular complexity index is 326. The molecular formula is C10H14N2O2. The van der Waals surface area contributed by atoms with Crippen LogP contribution in [0.25, 0.3) is 0 Å². The summed E-state index contributed by atoms with van der Waals surface area (Å²) in [5.41, 5.74) is 7.65. The molecule has 1 rings (SSSR count). The number of nitrogens with two attached hydrogens (primary N) is 1. The Morgan fingerprint density at radius 2 is 2.43 bits per heavy atom. The average molecular weight is 194 g/mol. The summed E-state index contributed by atoms with van der Waals surface area (Å²) in [6.07, 6.45) is 4.12. The zero-order chi connectivity index (χ0) is 10.6. The van der Waals surface area contributed by atoms with Crippen LogP contribution in [-0.4, -0.2) is 16.1 Å². The molecule has 0 aliphatic carbocycles. The van der Waals surface area contributed by atoms with Gasteiger partial charge in [-0.05, 0) is 23.6 Å². The van der Waals surface area contributed by atoms with Gasteiger partial charge in [-0.25, -0.2) is 0 Å². The lowest BCUT2D eigenvalue weighted by Crippen LogP contribution is -2.16.